The highest BCUT2D eigenvalue weighted by molar-refractivity contribution is 5.29. The quantitative estimate of drug-likeness (QED) is 0.739. The predicted octanol–water partition coefficient (Wildman–Crippen LogP) is 3.38. The predicted molar refractivity (Wildman–Crippen MR) is 82.1 cm³/mol. The Kier molecular flexibility index (Phi) is 6.34. The minimum absolute atomic E-state index is 0.322. The zero-order valence-electron chi connectivity index (χ0n) is 12.6. The van der Waals surface area contributed by atoms with Gasteiger partial charge in [0.15, 0.2) is 0 Å². The number of unbranched alkanes of at least 4 members (excludes halogenated alkanes) is 2. The number of likely N-dealkylation sites (tertiary alicyclic amines) is 1. The monoisotopic (exact) mass is 277 g/mol. The first-order chi connectivity index (χ1) is 9.85. The lowest BCUT2D eigenvalue weighted by Crippen LogP contribution is -2.24. The highest BCUT2D eigenvalue weighted by Gasteiger charge is 2.25. The Morgan fingerprint density at radius 1 is 1.20 bits per heavy atom. The molecular weight excluding hydrogens is 250 g/mol. The summed E-state index contributed by atoms with van der Waals surface area (Å²) in [5.41, 5.74) is 1.41. The van der Waals surface area contributed by atoms with Crippen molar-refractivity contribution in [3.05, 3.63) is 29.8 Å². The van der Waals surface area contributed by atoms with E-state index in [1.165, 1.54) is 31.4 Å². The molecule has 1 fully saturated rings. The van der Waals surface area contributed by atoms with Crippen LogP contribution in [0.2, 0.25) is 0 Å². The molecule has 1 heterocycles. The minimum Gasteiger partial charge on any atom is -0.494 e. The summed E-state index contributed by atoms with van der Waals surface area (Å²) in [6.45, 7) is 5.41. The van der Waals surface area contributed by atoms with Gasteiger partial charge in [-0.25, -0.2) is 0 Å². The maximum absolute atomic E-state index is 8.83. The van der Waals surface area contributed by atoms with Crippen LogP contribution in [0.25, 0.3) is 0 Å². The number of ether oxygens (including phenoxy) is 1. The van der Waals surface area contributed by atoms with E-state index in [2.05, 4.69) is 29.2 Å². The first kappa shape index (κ1) is 15.3. The fraction of sp³-hybridized carbons (Fsp3) is 0.647. The third kappa shape index (κ3) is 4.22. The van der Waals surface area contributed by atoms with Crippen molar-refractivity contribution < 1.29 is 9.84 Å². The van der Waals surface area contributed by atoms with Crippen molar-refractivity contribution in [2.75, 3.05) is 26.3 Å². The molecule has 112 valence electrons. The van der Waals surface area contributed by atoms with E-state index in [1.807, 2.05) is 6.92 Å². The Balaban J connectivity index is 1.89. The van der Waals surface area contributed by atoms with E-state index in [0.29, 0.717) is 12.6 Å². The number of nitrogens with zero attached hydrogens (tertiary/aromatic N) is 1. The Morgan fingerprint density at radius 2 is 2.00 bits per heavy atom. The average molecular weight is 277 g/mol. The molecule has 3 heteroatoms. The second-order valence-electron chi connectivity index (χ2n) is 5.48. The Hall–Kier alpha value is -1.06. The topological polar surface area (TPSA) is 32.7 Å². The van der Waals surface area contributed by atoms with Crippen LogP contribution in [0.15, 0.2) is 24.3 Å². The summed E-state index contributed by atoms with van der Waals surface area (Å²) in [4.78, 5) is 2.59. The van der Waals surface area contributed by atoms with Gasteiger partial charge in [-0.3, -0.25) is 4.90 Å². The molecule has 0 saturated carbocycles. The molecular formula is C17H27NO2. The summed E-state index contributed by atoms with van der Waals surface area (Å²) in [7, 11) is 0. The second kappa shape index (κ2) is 8.28. The maximum atomic E-state index is 8.83. The van der Waals surface area contributed by atoms with Crippen LogP contribution in [0, 0.1) is 0 Å². The van der Waals surface area contributed by atoms with Gasteiger partial charge in [-0.05, 0) is 69.8 Å². The smallest absolute Gasteiger partial charge is 0.119 e. The Bertz CT molecular complexity index is 377. The standard InChI is InChI=1S/C17H27NO2/c1-2-20-16-10-8-15(9-11-16)17-7-6-13-18(17)12-4-3-5-14-19/h8-11,17,19H,2-7,12-14H2,1H3. The molecule has 1 aliphatic rings. The molecule has 3 nitrogen and oxygen atoms in total. The van der Waals surface area contributed by atoms with Gasteiger partial charge in [0.25, 0.3) is 0 Å². The molecule has 1 aromatic carbocycles. The zero-order chi connectivity index (χ0) is 14.2. The van der Waals surface area contributed by atoms with Gasteiger partial charge in [0.1, 0.15) is 5.75 Å². The van der Waals surface area contributed by atoms with Gasteiger partial charge < -0.3 is 9.84 Å². The molecule has 0 amide bonds. The third-order valence-electron chi connectivity index (χ3n) is 4.04. The summed E-state index contributed by atoms with van der Waals surface area (Å²) in [6, 6.07) is 9.16. The molecule has 20 heavy (non-hydrogen) atoms. The van der Waals surface area contributed by atoms with E-state index < -0.39 is 0 Å². The number of aliphatic hydroxyl groups is 1. The fourth-order valence-electron chi connectivity index (χ4n) is 3.03. The molecule has 0 bridgehead atoms. The molecule has 1 atom stereocenters. The molecule has 0 spiro atoms. The van der Waals surface area contributed by atoms with Crippen LogP contribution in [0.1, 0.15) is 50.6 Å². The van der Waals surface area contributed by atoms with Crippen LogP contribution in [-0.4, -0.2) is 36.3 Å². The summed E-state index contributed by atoms with van der Waals surface area (Å²) in [5, 5.41) is 8.83. The SMILES string of the molecule is CCOc1ccc(C2CCCN2CCCCCO)cc1. The van der Waals surface area contributed by atoms with Crippen LogP contribution >= 0.6 is 0 Å². The number of benzene rings is 1. The van der Waals surface area contributed by atoms with Crippen LogP contribution < -0.4 is 4.74 Å². The molecule has 1 aromatic rings. The normalized spacial score (nSPS) is 19.4. The highest BCUT2D eigenvalue weighted by Crippen LogP contribution is 2.32. The average Bonchev–Trinajstić information content (AvgIpc) is 2.93. The van der Waals surface area contributed by atoms with Crippen LogP contribution in [0.5, 0.6) is 5.75 Å². The fourth-order valence-corrected chi connectivity index (χ4v) is 3.03. The molecule has 1 N–H and O–H groups in total. The Morgan fingerprint density at radius 3 is 2.70 bits per heavy atom. The van der Waals surface area contributed by atoms with Crippen molar-refractivity contribution in [2.24, 2.45) is 0 Å². The maximum Gasteiger partial charge on any atom is 0.119 e. The lowest BCUT2D eigenvalue weighted by Gasteiger charge is -2.25. The lowest BCUT2D eigenvalue weighted by atomic mass is 10.0. The molecule has 1 saturated heterocycles. The van der Waals surface area contributed by atoms with Crippen LogP contribution in [-0.2, 0) is 0 Å². The minimum atomic E-state index is 0.322. The van der Waals surface area contributed by atoms with E-state index in [0.717, 1.165) is 31.7 Å². The number of hydrogen-bond acceptors (Lipinski definition) is 3. The van der Waals surface area contributed by atoms with E-state index >= 15 is 0 Å². The van der Waals surface area contributed by atoms with E-state index in [9.17, 15) is 0 Å². The van der Waals surface area contributed by atoms with Gasteiger partial charge in [0, 0.05) is 12.6 Å². The first-order valence-corrected chi connectivity index (χ1v) is 7.93. The van der Waals surface area contributed by atoms with Gasteiger partial charge in [-0.1, -0.05) is 12.1 Å². The molecule has 1 unspecified atom stereocenters. The van der Waals surface area contributed by atoms with Gasteiger partial charge in [-0.2, -0.15) is 0 Å². The summed E-state index contributed by atoms with van der Waals surface area (Å²) in [5.74, 6) is 0.962. The van der Waals surface area contributed by atoms with Crippen molar-refractivity contribution >= 4 is 0 Å². The van der Waals surface area contributed by atoms with E-state index in [1.54, 1.807) is 0 Å². The highest BCUT2D eigenvalue weighted by atomic mass is 16.5. The molecule has 0 radical (unpaired) electrons. The van der Waals surface area contributed by atoms with Crippen LogP contribution in [0.3, 0.4) is 0 Å². The molecule has 0 aliphatic carbocycles. The third-order valence-corrected chi connectivity index (χ3v) is 4.04. The largest absolute Gasteiger partial charge is 0.494 e. The summed E-state index contributed by atoms with van der Waals surface area (Å²) >= 11 is 0. The van der Waals surface area contributed by atoms with Crippen molar-refractivity contribution in [3.8, 4) is 5.75 Å². The number of aliphatic hydroxyl groups excluding tert-OH is 1. The van der Waals surface area contributed by atoms with Crippen LogP contribution in [0.4, 0.5) is 0 Å². The Labute approximate surface area is 122 Å². The summed E-state index contributed by atoms with van der Waals surface area (Å²) in [6.07, 6.45) is 5.80. The van der Waals surface area contributed by atoms with Crippen molar-refractivity contribution in [1.82, 2.24) is 4.90 Å². The second-order valence-corrected chi connectivity index (χ2v) is 5.48. The van der Waals surface area contributed by atoms with E-state index in [4.69, 9.17) is 9.84 Å². The van der Waals surface area contributed by atoms with Gasteiger partial charge in [0.2, 0.25) is 0 Å². The number of rotatable bonds is 8. The van der Waals surface area contributed by atoms with Crippen molar-refractivity contribution in [3.63, 3.8) is 0 Å². The number of hydrogen-bond donors (Lipinski definition) is 1. The van der Waals surface area contributed by atoms with Crippen molar-refractivity contribution in [1.29, 1.82) is 0 Å². The molecule has 0 aromatic heterocycles. The van der Waals surface area contributed by atoms with E-state index in [-0.39, 0.29) is 0 Å². The molecule has 2 rings (SSSR count). The lowest BCUT2D eigenvalue weighted by molar-refractivity contribution is 0.241. The van der Waals surface area contributed by atoms with Gasteiger partial charge in [-0.15, -0.1) is 0 Å². The first-order valence-electron chi connectivity index (χ1n) is 7.93. The summed E-state index contributed by atoms with van der Waals surface area (Å²) < 4.78 is 5.50. The molecule has 1 aliphatic heterocycles. The van der Waals surface area contributed by atoms with Gasteiger partial charge in [0.05, 0.1) is 6.61 Å². The van der Waals surface area contributed by atoms with Gasteiger partial charge >= 0.3 is 0 Å². The van der Waals surface area contributed by atoms with Crippen molar-refractivity contribution in [2.45, 2.75) is 45.1 Å². The zero-order valence-corrected chi connectivity index (χ0v) is 12.6.